The van der Waals surface area contributed by atoms with Crippen molar-refractivity contribution in [2.75, 3.05) is 11.9 Å². The van der Waals surface area contributed by atoms with E-state index >= 15 is 0 Å². The third kappa shape index (κ3) is 1.80. The van der Waals surface area contributed by atoms with Gasteiger partial charge >= 0.3 is 0 Å². The lowest BCUT2D eigenvalue weighted by Gasteiger charge is -2.41. The monoisotopic (exact) mass is 242 g/mol. The second-order valence-electron chi connectivity index (χ2n) is 5.09. The highest BCUT2D eigenvalue weighted by molar-refractivity contribution is 6.01. The fraction of sp³-hybridized carbons (Fsp3) is 0.400. The van der Waals surface area contributed by atoms with Crippen LogP contribution in [-0.2, 0) is 0 Å². The van der Waals surface area contributed by atoms with Gasteiger partial charge in [0.05, 0.1) is 11.3 Å². The average molecular weight is 242 g/mol. The predicted molar refractivity (Wildman–Crippen MR) is 72.6 cm³/mol. The van der Waals surface area contributed by atoms with Gasteiger partial charge in [0.1, 0.15) is 6.17 Å². The molecule has 1 heterocycles. The maximum absolute atomic E-state index is 12.1. The highest BCUT2D eigenvalue weighted by Crippen LogP contribution is 2.31. The van der Waals surface area contributed by atoms with E-state index in [4.69, 9.17) is 0 Å². The number of allylic oxidation sites excluding steroid dienone is 2. The van der Waals surface area contributed by atoms with E-state index < -0.39 is 0 Å². The molecule has 2 atom stereocenters. The van der Waals surface area contributed by atoms with Crippen LogP contribution in [0, 0.1) is 5.92 Å². The minimum atomic E-state index is 0.0586. The molecule has 0 bridgehead atoms. The molecule has 3 nitrogen and oxygen atoms in total. The minimum absolute atomic E-state index is 0.0586. The van der Waals surface area contributed by atoms with Gasteiger partial charge in [0.25, 0.3) is 5.91 Å². The zero-order chi connectivity index (χ0) is 12.5. The fourth-order valence-corrected chi connectivity index (χ4v) is 2.97. The molecule has 0 unspecified atom stereocenters. The van der Waals surface area contributed by atoms with Gasteiger partial charge in [0, 0.05) is 13.0 Å². The molecule has 1 aromatic rings. The first-order valence-electron chi connectivity index (χ1n) is 6.55. The Morgan fingerprint density at radius 2 is 2.11 bits per heavy atom. The molecule has 0 fully saturated rings. The second kappa shape index (κ2) is 4.48. The van der Waals surface area contributed by atoms with Crippen molar-refractivity contribution in [3.8, 4) is 0 Å². The summed E-state index contributed by atoms with van der Waals surface area (Å²) in [5.41, 5.74) is 1.82. The van der Waals surface area contributed by atoms with Gasteiger partial charge in [-0.25, -0.2) is 0 Å². The van der Waals surface area contributed by atoms with E-state index in [2.05, 4.69) is 29.4 Å². The van der Waals surface area contributed by atoms with E-state index in [9.17, 15) is 4.79 Å². The lowest BCUT2D eigenvalue weighted by Crippen LogP contribution is -2.55. The Kier molecular flexibility index (Phi) is 2.82. The summed E-state index contributed by atoms with van der Waals surface area (Å²) in [4.78, 5) is 14.3. The average Bonchev–Trinajstić information content (AvgIpc) is 2.44. The number of benzene rings is 1. The summed E-state index contributed by atoms with van der Waals surface area (Å²) in [7, 11) is 2.07. The molecule has 1 aliphatic heterocycles. The van der Waals surface area contributed by atoms with Crippen LogP contribution in [-0.4, -0.2) is 19.1 Å². The number of amides is 1. The molecule has 3 heteroatoms. The van der Waals surface area contributed by atoms with Gasteiger partial charge in [-0.05, 0) is 31.4 Å². The molecular formula is C15H18N2O. The van der Waals surface area contributed by atoms with E-state index in [1.54, 1.807) is 0 Å². The van der Waals surface area contributed by atoms with Crippen LogP contribution in [0.4, 0.5) is 5.69 Å². The Hall–Kier alpha value is -1.77. The van der Waals surface area contributed by atoms with Crippen molar-refractivity contribution in [2.24, 2.45) is 5.92 Å². The van der Waals surface area contributed by atoms with Crippen molar-refractivity contribution in [2.45, 2.75) is 25.4 Å². The summed E-state index contributed by atoms with van der Waals surface area (Å²) >= 11 is 0. The zero-order valence-corrected chi connectivity index (χ0v) is 10.6. The van der Waals surface area contributed by atoms with Crippen LogP contribution in [0.5, 0.6) is 0 Å². The lowest BCUT2D eigenvalue weighted by molar-refractivity contribution is 0.0908. The molecule has 3 rings (SSSR count). The molecule has 0 saturated carbocycles. The first-order valence-corrected chi connectivity index (χ1v) is 6.55. The maximum Gasteiger partial charge on any atom is 0.254 e. The summed E-state index contributed by atoms with van der Waals surface area (Å²) in [5.74, 6) is 0.570. The Morgan fingerprint density at radius 3 is 2.89 bits per heavy atom. The summed E-state index contributed by atoms with van der Waals surface area (Å²) < 4.78 is 0. The smallest absolute Gasteiger partial charge is 0.254 e. The highest BCUT2D eigenvalue weighted by atomic mass is 16.2. The molecule has 2 aliphatic rings. The molecule has 94 valence electrons. The number of fused-ring (bicyclic) bond motifs is 1. The number of hydrogen-bond donors (Lipinski definition) is 1. The summed E-state index contributed by atoms with van der Waals surface area (Å²) in [6, 6.07) is 7.82. The van der Waals surface area contributed by atoms with E-state index in [0.29, 0.717) is 5.92 Å². The number of carbonyl (C=O) groups is 1. The van der Waals surface area contributed by atoms with Crippen molar-refractivity contribution in [1.82, 2.24) is 5.32 Å². The summed E-state index contributed by atoms with van der Waals surface area (Å²) in [6.07, 6.45) is 7.90. The van der Waals surface area contributed by atoms with Gasteiger partial charge in [-0.1, -0.05) is 24.3 Å². The van der Waals surface area contributed by atoms with Crippen molar-refractivity contribution >= 4 is 11.6 Å². The summed E-state index contributed by atoms with van der Waals surface area (Å²) in [6.45, 7) is 0. The van der Waals surface area contributed by atoms with Crippen LogP contribution in [0.1, 0.15) is 29.6 Å². The third-order valence-electron chi connectivity index (χ3n) is 3.98. The topological polar surface area (TPSA) is 32.3 Å². The Morgan fingerprint density at radius 1 is 1.28 bits per heavy atom. The Labute approximate surface area is 107 Å². The Balaban J connectivity index is 1.92. The number of para-hydroxylation sites is 1. The molecule has 1 amide bonds. The number of hydrogen-bond acceptors (Lipinski definition) is 2. The number of nitrogens with one attached hydrogen (secondary N) is 1. The van der Waals surface area contributed by atoms with Gasteiger partial charge in [0.2, 0.25) is 0 Å². The molecule has 0 spiro atoms. The van der Waals surface area contributed by atoms with E-state index in [1.165, 1.54) is 0 Å². The molecule has 1 aromatic carbocycles. The number of carbonyl (C=O) groups excluding carboxylic acids is 1. The number of anilines is 1. The van der Waals surface area contributed by atoms with Gasteiger partial charge in [0.15, 0.2) is 0 Å². The van der Waals surface area contributed by atoms with Gasteiger partial charge < -0.3 is 10.2 Å². The third-order valence-corrected chi connectivity index (χ3v) is 3.98. The van der Waals surface area contributed by atoms with Crippen molar-refractivity contribution in [3.63, 3.8) is 0 Å². The molecule has 18 heavy (non-hydrogen) atoms. The fourth-order valence-electron chi connectivity index (χ4n) is 2.97. The normalized spacial score (nSPS) is 26.7. The van der Waals surface area contributed by atoms with Crippen molar-refractivity contribution in [1.29, 1.82) is 0 Å². The summed E-state index contributed by atoms with van der Waals surface area (Å²) in [5, 5.41) is 3.15. The number of nitrogens with zero attached hydrogens (tertiary/aromatic N) is 1. The Bertz CT molecular complexity index is 495. The van der Waals surface area contributed by atoms with Crippen molar-refractivity contribution < 1.29 is 4.79 Å². The number of rotatable bonds is 1. The van der Waals surface area contributed by atoms with Crippen molar-refractivity contribution in [3.05, 3.63) is 42.0 Å². The van der Waals surface area contributed by atoms with Gasteiger partial charge in [-0.15, -0.1) is 0 Å². The SMILES string of the molecule is CN1c2ccccc2C(=O)N[C@@H]1[C@H]1CC=CCC1. The van der Waals surface area contributed by atoms with Gasteiger partial charge in [-0.3, -0.25) is 4.79 Å². The van der Waals surface area contributed by atoms with Crippen LogP contribution >= 0.6 is 0 Å². The molecule has 0 radical (unpaired) electrons. The largest absolute Gasteiger partial charge is 0.353 e. The molecule has 1 N–H and O–H groups in total. The second-order valence-corrected chi connectivity index (χ2v) is 5.09. The van der Waals surface area contributed by atoms with E-state index in [0.717, 1.165) is 30.5 Å². The standard InChI is InChI=1S/C15H18N2O/c1-17-13-10-6-5-9-12(13)15(18)16-14(17)11-7-3-2-4-8-11/h2-3,5-6,9-11,14H,4,7-8H2,1H3,(H,16,18)/t11-,14-/m0/s1. The van der Waals surface area contributed by atoms with Crippen LogP contribution < -0.4 is 10.2 Å². The first kappa shape index (κ1) is 11.3. The van der Waals surface area contributed by atoms with Crippen LogP contribution in [0.25, 0.3) is 0 Å². The highest BCUT2D eigenvalue weighted by Gasteiger charge is 2.33. The zero-order valence-electron chi connectivity index (χ0n) is 10.6. The van der Waals surface area contributed by atoms with Crippen LogP contribution in [0.15, 0.2) is 36.4 Å². The maximum atomic E-state index is 12.1. The van der Waals surface area contributed by atoms with Crippen LogP contribution in [0.2, 0.25) is 0 Å². The molecule has 0 aromatic heterocycles. The lowest BCUT2D eigenvalue weighted by atomic mass is 9.89. The quantitative estimate of drug-likeness (QED) is 0.768. The van der Waals surface area contributed by atoms with E-state index in [-0.39, 0.29) is 12.1 Å². The van der Waals surface area contributed by atoms with Gasteiger partial charge in [-0.2, -0.15) is 0 Å². The van der Waals surface area contributed by atoms with Crippen LogP contribution in [0.3, 0.4) is 0 Å². The molecule has 0 saturated heterocycles. The molecule has 1 aliphatic carbocycles. The predicted octanol–water partition coefficient (Wildman–Crippen LogP) is 2.55. The first-order chi connectivity index (χ1) is 8.77. The van der Waals surface area contributed by atoms with E-state index in [1.807, 2.05) is 24.3 Å². The molecular weight excluding hydrogens is 224 g/mol. The minimum Gasteiger partial charge on any atom is -0.353 e.